The number of hydrogen-bond donors (Lipinski definition) is 0. The highest BCUT2D eigenvalue weighted by Gasteiger charge is 2.39. The van der Waals surface area contributed by atoms with Crippen molar-refractivity contribution in [3.63, 3.8) is 0 Å². The highest BCUT2D eigenvalue weighted by atomic mass is 32.2. The summed E-state index contributed by atoms with van der Waals surface area (Å²) in [7, 11) is -0.977. The second-order valence-corrected chi connectivity index (χ2v) is 8.55. The van der Waals surface area contributed by atoms with Gasteiger partial charge in [-0.25, -0.2) is 8.42 Å². The molecule has 22 heavy (non-hydrogen) atoms. The minimum absolute atomic E-state index is 0.00280. The van der Waals surface area contributed by atoms with Gasteiger partial charge in [0.15, 0.2) is 9.84 Å². The monoisotopic (exact) mass is 322 g/mol. The second-order valence-electron chi connectivity index (χ2n) is 6.32. The van der Waals surface area contributed by atoms with Gasteiger partial charge >= 0.3 is 0 Å². The first-order chi connectivity index (χ1) is 10.5. The highest BCUT2D eigenvalue weighted by molar-refractivity contribution is 7.91. The Kier molecular flexibility index (Phi) is 4.23. The Bertz CT molecular complexity index is 645. The van der Waals surface area contributed by atoms with E-state index in [4.69, 9.17) is 0 Å². The molecule has 2 fully saturated rings. The Morgan fingerprint density at radius 1 is 1.18 bits per heavy atom. The molecule has 0 bridgehead atoms. The molecular formula is C16H22N2O3S. The summed E-state index contributed by atoms with van der Waals surface area (Å²) in [6, 6.07) is 10.0. The van der Waals surface area contributed by atoms with Gasteiger partial charge in [-0.2, -0.15) is 0 Å². The Balaban J connectivity index is 1.82. The lowest BCUT2D eigenvalue weighted by Crippen LogP contribution is -2.51. The van der Waals surface area contributed by atoms with Crippen LogP contribution in [0.3, 0.4) is 0 Å². The zero-order chi connectivity index (χ0) is 15.7. The number of likely N-dealkylation sites (N-methyl/N-ethyl adjacent to an activating group) is 1. The average molecular weight is 322 g/mol. The lowest BCUT2D eigenvalue weighted by Gasteiger charge is -2.41. The summed E-state index contributed by atoms with van der Waals surface area (Å²) in [4.78, 5) is 16.9. The fourth-order valence-corrected chi connectivity index (χ4v) is 5.10. The van der Waals surface area contributed by atoms with Crippen molar-refractivity contribution in [3.05, 3.63) is 35.9 Å². The van der Waals surface area contributed by atoms with Crippen molar-refractivity contribution in [1.82, 2.24) is 9.80 Å². The highest BCUT2D eigenvalue weighted by Crippen LogP contribution is 2.29. The molecule has 5 nitrogen and oxygen atoms in total. The van der Waals surface area contributed by atoms with E-state index in [1.807, 2.05) is 35.2 Å². The largest absolute Gasteiger partial charge is 0.333 e. The summed E-state index contributed by atoms with van der Waals surface area (Å²) >= 11 is 0. The van der Waals surface area contributed by atoms with Gasteiger partial charge < -0.3 is 9.80 Å². The minimum Gasteiger partial charge on any atom is -0.333 e. The zero-order valence-electron chi connectivity index (χ0n) is 12.8. The topological polar surface area (TPSA) is 57.7 Å². The zero-order valence-corrected chi connectivity index (χ0v) is 13.6. The molecule has 2 aliphatic heterocycles. The summed E-state index contributed by atoms with van der Waals surface area (Å²) < 4.78 is 23.3. The Hall–Kier alpha value is -1.40. The second kappa shape index (κ2) is 6.01. The molecule has 0 aliphatic carbocycles. The van der Waals surface area contributed by atoms with Crippen LogP contribution in [0.2, 0.25) is 0 Å². The first-order valence-corrected chi connectivity index (χ1v) is 9.53. The van der Waals surface area contributed by atoms with Crippen LogP contribution < -0.4 is 0 Å². The maximum Gasteiger partial charge on any atom is 0.227 e. The Morgan fingerprint density at radius 2 is 1.91 bits per heavy atom. The lowest BCUT2D eigenvalue weighted by atomic mass is 9.99. The SMILES string of the molecule is CN1CCN(C(=O)[C@H]2CCS(=O)(=O)C2)[C@H](c2ccccc2)C1. The molecule has 2 saturated heterocycles. The number of nitrogens with zero attached hydrogens (tertiary/aromatic N) is 2. The summed E-state index contributed by atoms with van der Waals surface area (Å²) in [5.74, 6) is -0.199. The van der Waals surface area contributed by atoms with Crippen LogP contribution in [0.5, 0.6) is 0 Å². The summed E-state index contributed by atoms with van der Waals surface area (Å²) in [5, 5.41) is 0. The molecule has 0 spiro atoms. The number of amides is 1. The molecule has 0 saturated carbocycles. The summed E-state index contributed by atoms with van der Waals surface area (Å²) in [6.45, 7) is 2.27. The molecule has 1 aromatic carbocycles. The number of sulfone groups is 1. The molecule has 3 rings (SSSR count). The van der Waals surface area contributed by atoms with Gasteiger partial charge in [0.2, 0.25) is 5.91 Å². The van der Waals surface area contributed by atoms with E-state index in [-0.39, 0.29) is 29.4 Å². The van der Waals surface area contributed by atoms with Crippen molar-refractivity contribution in [1.29, 1.82) is 0 Å². The van der Waals surface area contributed by atoms with Gasteiger partial charge in [-0.3, -0.25) is 4.79 Å². The van der Waals surface area contributed by atoms with Crippen molar-refractivity contribution >= 4 is 15.7 Å². The third kappa shape index (κ3) is 3.17. The number of rotatable bonds is 2. The standard InChI is InChI=1S/C16H22N2O3S/c1-17-8-9-18(15(11-17)13-5-3-2-4-6-13)16(19)14-7-10-22(20,21)12-14/h2-6,14-15H,7-12H2,1H3/t14-,15-/m0/s1. The molecule has 0 aromatic heterocycles. The van der Waals surface area contributed by atoms with Crippen LogP contribution in [0.15, 0.2) is 30.3 Å². The minimum atomic E-state index is -3.03. The van der Waals surface area contributed by atoms with Crippen molar-refractivity contribution in [2.75, 3.05) is 38.2 Å². The third-order valence-corrected chi connectivity index (χ3v) is 6.40. The quantitative estimate of drug-likeness (QED) is 0.813. The van der Waals surface area contributed by atoms with Gasteiger partial charge in [0.1, 0.15) is 0 Å². The van der Waals surface area contributed by atoms with Crippen LogP contribution in [-0.4, -0.2) is 62.3 Å². The normalized spacial score (nSPS) is 28.7. The van der Waals surface area contributed by atoms with Crippen molar-refractivity contribution in [2.24, 2.45) is 5.92 Å². The summed E-state index contributed by atoms with van der Waals surface area (Å²) in [6.07, 6.45) is 0.467. The van der Waals surface area contributed by atoms with E-state index in [1.54, 1.807) is 0 Å². The van der Waals surface area contributed by atoms with Crippen LogP contribution in [0.1, 0.15) is 18.0 Å². The molecule has 0 radical (unpaired) electrons. The number of carbonyl (C=O) groups excluding carboxylic acids is 1. The number of carbonyl (C=O) groups is 1. The van der Waals surface area contributed by atoms with E-state index >= 15 is 0 Å². The fraction of sp³-hybridized carbons (Fsp3) is 0.562. The molecule has 0 N–H and O–H groups in total. The van der Waals surface area contributed by atoms with Gasteiger partial charge in [-0.1, -0.05) is 30.3 Å². The fourth-order valence-electron chi connectivity index (χ4n) is 3.37. The predicted molar refractivity (Wildman–Crippen MR) is 85.2 cm³/mol. The lowest BCUT2D eigenvalue weighted by molar-refractivity contribution is -0.139. The number of hydrogen-bond acceptors (Lipinski definition) is 4. The van der Waals surface area contributed by atoms with E-state index in [1.165, 1.54) is 0 Å². The first kappa shape index (κ1) is 15.5. The van der Waals surface area contributed by atoms with Crippen LogP contribution in [0.4, 0.5) is 0 Å². The van der Waals surface area contributed by atoms with E-state index in [0.717, 1.165) is 18.7 Å². The van der Waals surface area contributed by atoms with Gasteiger partial charge in [-0.15, -0.1) is 0 Å². The summed E-state index contributed by atoms with van der Waals surface area (Å²) in [5.41, 5.74) is 1.11. The number of piperazine rings is 1. The van der Waals surface area contributed by atoms with Gasteiger partial charge in [0.05, 0.1) is 23.5 Å². The molecule has 6 heteroatoms. The van der Waals surface area contributed by atoms with Crippen molar-refractivity contribution in [2.45, 2.75) is 12.5 Å². The van der Waals surface area contributed by atoms with Crippen molar-refractivity contribution in [3.8, 4) is 0 Å². The van der Waals surface area contributed by atoms with Gasteiger partial charge in [-0.05, 0) is 19.0 Å². The van der Waals surface area contributed by atoms with Crippen LogP contribution in [0.25, 0.3) is 0 Å². The first-order valence-electron chi connectivity index (χ1n) is 7.71. The smallest absolute Gasteiger partial charge is 0.227 e. The molecule has 120 valence electrons. The molecule has 1 amide bonds. The molecule has 2 atom stereocenters. The predicted octanol–water partition coefficient (Wildman–Crippen LogP) is 0.936. The van der Waals surface area contributed by atoms with Crippen LogP contribution >= 0.6 is 0 Å². The van der Waals surface area contributed by atoms with Gasteiger partial charge in [0, 0.05) is 19.6 Å². The van der Waals surface area contributed by atoms with E-state index in [0.29, 0.717) is 13.0 Å². The Morgan fingerprint density at radius 3 is 2.55 bits per heavy atom. The van der Waals surface area contributed by atoms with Gasteiger partial charge in [0.25, 0.3) is 0 Å². The van der Waals surface area contributed by atoms with E-state index in [2.05, 4.69) is 11.9 Å². The average Bonchev–Trinajstić information content (AvgIpc) is 2.87. The Labute approximate surface area is 131 Å². The van der Waals surface area contributed by atoms with Crippen LogP contribution in [-0.2, 0) is 14.6 Å². The molecule has 2 heterocycles. The maximum atomic E-state index is 12.8. The van der Waals surface area contributed by atoms with Crippen LogP contribution in [0, 0.1) is 5.92 Å². The molecule has 1 aromatic rings. The third-order valence-electron chi connectivity index (χ3n) is 4.63. The molecule has 0 unspecified atom stereocenters. The van der Waals surface area contributed by atoms with Crippen molar-refractivity contribution < 1.29 is 13.2 Å². The van der Waals surface area contributed by atoms with E-state index in [9.17, 15) is 13.2 Å². The number of benzene rings is 1. The molecule has 2 aliphatic rings. The molecular weight excluding hydrogens is 300 g/mol. The van der Waals surface area contributed by atoms with E-state index < -0.39 is 9.84 Å². The maximum absolute atomic E-state index is 12.8.